The normalized spacial score (nSPS) is 12.2. The molecule has 1 aromatic carbocycles. The molecule has 1 rings (SSSR count). The smallest absolute Gasteiger partial charge is 0.312 e. The van der Waals surface area contributed by atoms with Crippen molar-refractivity contribution in [3.63, 3.8) is 0 Å². The summed E-state index contributed by atoms with van der Waals surface area (Å²) < 4.78 is 0. The van der Waals surface area contributed by atoms with Gasteiger partial charge in [-0.2, -0.15) is 0 Å². The van der Waals surface area contributed by atoms with Crippen LogP contribution in [0.25, 0.3) is 0 Å². The van der Waals surface area contributed by atoms with Crippen LogP contribution in [-0.2, 0) is 0 Å². The minimum absolute atomic E-state index is 0.175. The predicted octanol–water partition coefficient (Wildman–Crippen LogP) is 2.70. The van der Waals surface area contributed by atoms with Crippen LogP contribution in [0.15, 0.2) is 18.2 Å². The first-order chi connectivity index (χ1) is 8.54. The number of benzene rings is 1. The molecule has 100 valence electrons. The SMILES string of the molecule is CCC(NCCNC(N)=O)c1ccc(Cl)c(Cl)c1. The van der Waals surface area contributed by atoms with E-state index in [-0.39, 0.29) is 6.04 Å². The van der Waals surface area contributed by atoms with Crippen LogP contribution in [0.4, 0.5) is 4.79 Å². The summed E-state index contributed by atoms with van der Waals surface area (Å²) in [5.41, 5.74) is 6.05. The third kappa shape index (κ3) is 4.72. The zero-order valence-corrected chi connectivity index (χ0v) is 11.7. The van der Waals surface area contributed by atoms with Crippen molar-refractivity contribution in [2.45, 2.75) is 19.4 Å². The first-order valence-electron chi connectivity index (χ1n) is 5.76. The number of hydrogen-bond acceptors (Lipinski definition) is 2. The van der Waals surface area contributed by atoms with Crippen molar-refractivity contribution in [2.75, 3.05) is 13.1 Å². The lowest BCUT2D eigenvalue weighted by atomic mass is 10.0. The minimum Gasteiger partial charge on any atom is -0.352 e. The second-order valence-electron chi connectivity index (χ2n) is 3.88. The molecule has 18 heavy (non-hydrogen) atoms. The monoisotopic (exact) mass is 289 g/mol. The van der Waals surface area contributed by atoms with E-state index in [2.05, 4.69) is 17.6 Å². The number of urea groups is 1. The summed E-state index contributed by atoms with van der Waals surface area (Å²) in [6.45, 7) is 3.20. The molecule has 0 fully saturated rings. The number of rotatable bonds is 6. The lowest BCUT2D eigenvalue weighted by molar-refractivity contribution is 0.249. The fraction of sp³-hybridized carbons (Fsp3) is 0.417. The van der Waals surface area contributed by atoms with Crippen LogP contribution in [0.1, 0.15) is 24.9 Å². The van der Waals surface area contributed by atoms with E-state index < -0.39 is 6.03 Å². The van der Waals surface area contributed by atoms with Gasteiger partial charge in [-0.05, 0) is 24.1 Å². The van der Waals surface area contributed by atoms with Gasteiger partial charge >= 0.3 is 6.03 Å². The Balaban J connectivity index is 2.54. The molecule has 0 aliphatic rings. The van der Waals surface area contributed by atoms with E-state index in [0.717, 1.165) is 12.0 Å². The summed E-state index contributed by atoms with van der Waals surface area (Å²) in [6, 6.07) is 5.24. The molecule has 0 aromatic heterocycles. The van der Waals surface area contributed by atoms with Crippen molar-refractivity contribution in [1.29, 1.82) is 0 Å². The Labute approximate surface area is 117 Å². The lowest BCUT2D eigenvalue weighted by Gasteiger charge is -2.18. The van der Waals surface area contributed by atoms with Crippen molar-refractivity contribution < 1.29 is 4.79 Å². The highest BCUT2D eigenvalue weighted by atomic mass is 35.5. The Morgan fingerprint density at radius 3 is 2.61 bits per heavy atom. The summed E-state index contributed by atoms with van der Waals surface area (Å²) in [7, 11) is 0. The molecule has 0 spiro atoms. The van der Waals surface area contributed by atoms with E-state index in [9.17, 15) is 4.79 Å². The van der Waals surface area contributed by atoms with E-state index in [0.29, 0.717) is 23.1 Å². The molecule has 0 heterocycles. The van der Waals surface area contributed by atoms with Crippen molar-refractivity contribution in [3.05, 3.63) is 33.8 Å². The number of carbonyl (C=O) groups is 1. The molecule has 1 unspecified atom stereocenters. The molecule has 2 amide bonds. The molecule has 6 heteroatoms. The number of nitrogens with two attached hydrogens (primary N) is 1. The number of halogens is 2. The van der Waals surface area contributed by atoms with Crippen molar-refractivity contribution >= 4 is 29.2 Å². The van der Waals surface area contributed by atoms with Crippen LogP contribution >= 0.6 is 23.2 Å². The topological polar surface area (TPSA) is 67.2 Å². The number of carbonyl (C=O) groups excluding carboxylic acids is 1. The van der Waals surface area contributed by atoms with Crippen molar-refractivity contribution in [3.8, 4) is 0 Å². The van der Waals surface area contributed by atoms with E-state index in [4.69, 9.17) is 28.9 Å². The highest BCUT2D eigenvalue weighted by Gasteiger charge is 2.10. The van der Waals surface area contributed by atoms with Gasteiger partial charge in [-0.15, -0.1) is 0 Å². The predicted molar refractivity (Wildman–Crippen MR) is 75.1 cm³/mol. The molecule has 1 aromatic rings. The van der Waals surface area contributed by atoms with Gasteiger partial charge in [0.15, 0.2) is 0 Å². The second-order valence-corrected chi connectivity index (χ2v) is 4.69. The zero-order chi connectivity index (χ0) is 13.5. The van der Waals surface area contributed by atoms with Crippen LogP contribution in [0.5, 0.6) is 0 Å². The van der Waals surface area contributed by atoms with Gasteiger partial charge in [-0.1, -0.05) is 36.2 Å². The second kappa shape index (κ2) is 7.46. The highest BCUT2D eigenvalue weighted by Crippen LogP contribution is 2.26. The molecular formula is C12H17Cl2N3O. The van der Waals surface area contributed by atoms with Crippen LogP contribution in [0.3, 0.4) is 0 Å². The van der Waals surface area contributed by atoms with Gasteiger partial charge in [0.25, 0.3) is 0 Å². The summed E-state index contributed by atoms with van der Waals surface area (Å²) >= 11 is 11.9. The Bertz CT molecular complexity index is 412. The lowest BCUT2D eigenvalue weighted by Crippen LogP contribution is -2.36. The average molecular weight is 290 g/mol. The van der Waals surface area contributed by atoms with Gasteiger partial charge in [0.1, 0.15) is 0 Å². The fourth-order valence-corrected chi connectivity index (χ4v) is 1.97. The van der Waals surface area contributed by atoms with Crippen LogP contribution in [-0.4, -0.2) is 19.1 Å². The van der Waals surface area contributed by atoms with Crippen molar-refractivity contribution in [1.82, 2.24) is 10.6 Å². The van der Waals surface area contributed by atoms with Gasteiger partial charge in [-0.25, -0.2) is 4.79 Å². The quantitative estimate of drug-likeness (QED) is 0.705. The molecule has 0 radical (unpaired) electrons. The van der Waals surface area contributed by atoms with Gasteiger partial charge < -0.3 is 16.4 Å². The number of primary amides is 1. The Hall–Kier alpha value is -0.970. The van der Waals surface area contributed by atoms with Gasteiger partial charge in [0.2, 0.25) is 0 Å². The van der Waals surface area contributed by atoms with E-state index in [1.54, 1.807) is 6.07 Å². The minimum atomic E-state index is -0.514. The van der Waals surface area contributed by atoms with E-state index in [1.807, 2.05) is 12.1 Å². The zero-order valence-electron chi connectivity index (χ0n) is 10.2. The average Bonchev–Trinajstić information content (AvgIpc) is 2.33. The number of nitrogens with one attached hydrogen (secondary N) is 2. The molecule has 1 atom stereocenters. The largest absolute Gasteiger partial charge is 0.352 e. The van der Waals surface area contributed by atoms with Crippen LogP contribution in [0.2, 0.25) is 10.0 Å². The standard InChI is InChI=1S/C12H17Cl2N3O/c1-2-11(16-5-6-17-12(15)18)8-3-4-9(13)10(14)7-8/h3-4,7,11,16H,2,5-6H2,1H3,(H3,15,17,18). The third-order valence-electron chi connectivity index (χ3n) is 2.57. The van der Waals surface area contributed by atoms with Gasteiger partial charge in [-0.3, -0.25) is 0 Å². The first-order valence-corrected chi connectivity index (χ1v) is 6.51. The molecular weight excluding hydrogens is 273 g/mol. The van der Waals surface area contributed by atoms with Gasteiger partial charge in [0.05, 0.1) is 10.0 Å². The van der Waals surface area contributed by atoms with Gasteiger partial charge in [0, 0.05) is 19.1 Å². The molecule has 4 N–H and O–H groups in total. The first kappa shape index (κ1) is 15.1. The summed E-state index contributed by atoms with van der Waals surface area (Å²) in [5.74, 6) is 0. The molecule has 4 nitrogen and oxygen atoms in total. The summed E-state index contributed by atoms with van der Waals surface area (Å²) in [6.07, 6.45) is 0.911. The number of hydrogen-bond donors (Lipinski definition) is 3. The number of amides is 2. The molecule has 0 aliphatic carbocycles. The Kier molecular flexibility index (Phi) is 6.25. The van der Waals surface area contributed by atoms with Crippen LogP contribution in [0, 0.1) is 0 Å². The maximum absolute atomic E-state index is 10.5. The maximum atomic E-state index is 10.5. The maximum Gasteiger partial charge on any atom is 0.312 e. The van der Waals surface area contributed by atoms with E-state index in [1.165, 1.54) is 0 Å². The Morgan fingerprint density at radius 2 is 2.06 bits per heavy atom. The third-order valence-corrected chi connectivity index (χ3v) is 3.31. The Morgan fingerprint density at radius 1 is 1.33 bits per heavy atom. The fourth-order valence-electron chi connectivity index (χ4n) is 1.66. The molecule has 0 saturated carbocycles. The van der Waals surface area contributed by atoms with Crippen molar-refractivity contribution in [2.24, 2.45) is 5.73 Å². The molecule has 0 bridgehead atoms. The highest BCUT2D eigenvalue weighted by molar-refractivity contribution is 6.42. The molecule has 0 saturated heterocycles. The summed E-state index contributed by atoms with van der Waals surface area (Å²) in [5, 5.41) is 6.93. The summed E-state index contributed by atoms with van der Waals surface area (Å²) in [4.78, 5) is 10.5. The molecule has 0 aliphatic heterocycles. The van der Waals surface area contributed by atoms with E-state index >= 15 is 0 Å². The van der Waals surface area contributed by atoms with Crippen LogP contribution < -0.4 is 16.4 Å².